The van der Waals surface area contributed by atoms with Gasteiger partial charge in [0.1, 0.15) is 16.9 Å². The van der Waals surface area contributed by atoms with Gasteiger partial charge in [0, 0.05) is 49.5 Å². The van der Waals surface area contributed by atoms with Crippen molar-refractivity contribution < 1.29 is 4.42 Å². The molecule has 0 amide bonds. The molecule has 0 aliphatic rings. The molecule has 0 saturated heterocycles. The monoisotopic (exact) mass is 716 g/mol. The number of pyridine rings is 1. The SMILES string of the molecule is c1ccc(-c2cc(-c3cccc4oc5ccccc5c34)nc(-c3ccc(-c4nn5c(-c6ccccc6)cc6ccccc6c5c4-c4ccccc4)cc3)n2)cc1. The Kier molecular flexibility index (Phi) is 7.42. The van der Waals surface area contributed by atoms with E-state index >= 15 is 0 Å². The summed E-state index contributed by atoms with van der Waals surface area (Å²) in [6.45, 7) is 0. The largest absolute Gasteiger partial charge is 0.456 e. The predicted molar refractivity (Wildman–Crippen MR) is 228 cm³/mol. The third kappa shape index (κ3) is 5.29. The number of rotatable bonds is 6. The van der Waals surface area contributed by atoms with Crippen LogP contribution >= 0.6 is 0 Å². The van der Waals surface area contributed by atoms with Crippen molar-refractivity contribution in [2.75, 3.05) is 0 Å². The van der Waals surface area contributed by atoms with E-state index in [0.29, 0.717) is 5.82 Å². The van der Waals surface area contributed by atoms with Crippen molar-refractivity contribution >= 4 is 38.2 Å². The third-order valence-electron chi connectivity index (χ3n) is 10.6. The molecule has 262 valence electrons. The van der Waals surface area contributed by atoms with Crippen molar-refractivity contribution in [2.24, 2.45) is 0 Å². The van der Waals surface area contributed by atoms with Gasteiger partial charge in [-0.3, -0.25) is 0 Å². The summed E-state index contributed by atoms with van der Waals surface area (Å²) >= 11 is 0. The van der Waals surface area contributed by atoms with E-state index in [0.717, 1.165) is 94.6 Å². The Bertz CT molecular complexity index is 3220. The molecule has 7 aromatic carbocycles. The van der Waals surface area contributed by atoms with Crippen molar-refractivity contribution in [3.8, 4) is 67.5 Å². The van der Waals surface area contributed by atoms with Gasteiger partial charge >= 0.3 is 0 Å². The second-order valence-corrected chi connectivity index (χ2v) is 14.0. The van der Waals surface area contributed by atoms with E-state index in [2.05, 4.69) is 150 Å². The zero-order valence-corrected chi connectivity index (χ0v) is 30.2. The van der Waals surface area contributed by atoms with E-state index in [9.17, 15) is 0 Å². The zero-order valence-electron chi connectivity index (χ0n) is 30.2. The third-order valence-corrected chi connectivity index (χ3v) is 10.6. The summed E-state index contributed by atoms with van der Waals surface area (Å²) in [4.78, 5) is 10.4. The number of nitrogens with zero attached hydrogens (tertiary/aromatic N) is 4. The number of fused-ring (bicyclic) bond motifs is 6. The van der Waals surface area contributed by atoms with Crippen LogP contribution in [-0.2, 0) is 0 Å². The van der Waals surface area contributed by atoms with Gasteiger partial charge in [-0.25, -0.2) is 14.5 Å². The van der Waals surface area contributed by atoms with Crippen LogP contribution in [0.25, 0.3) is 106 Å². The normalized spacial score (nSPS) is 11.6. The molecule has 0 aliphatic heterocycles. The van der Waals surface area contributed by atoms with E-state index in [1.807, 2.05) is 48.5 Å². The van der Waals surface area contributed by atoms with Gasteiger partial charge in [-0.15, -0.1) is 0 Å². The predicted octanol–water partition coefficient (Wildman–Crippen LogP) is 13.2. The minimum absolute atomic E-state index is 0.647. The fourth-order valence-electron chi connectivity index (χ4n) is 8.02. The average Bonchev–Trinajstić information content (AvgIpc) is 3.87. The first kappa shape index (κ1) is 31.9. The minimum atomic E-state index is 0.647. The lowest BCUT2D eigenvalue weighted by Gasteiger charge is -2.11. The molecule has 0 fully saturated rings. The van der Waals surface area contributed by atoms with Gasteiger partial charge in [-0.05, 0) is 35.2 Å². The highest BCUT2D eigenvalue weighted by Gasteiger charge is 2.22. The molecule has 0 spiro atoms. The van der Waals surface area contributed by atoms with Crippen molar-refractivity contribution in [1.82, 2.24) is 19.6 Å². The molecule has 4 heterocycles. The fraction of sp³-hybridized carbons (Fsp3) is 0. The van der Waals surface area contributed by atoms with Crippen LogP contribution in [0.15, 0.2) is 199 Å². The highest BCUT2D eigenvalue weighted by molar-refractivity contribution is 6.12. The minimum Gasteiger partial charge on any atom is -0.456 e. The Labute approximate surface area is 322 Å². The Hall–Kier alpha value is -7.63. The maximum absolute atomic E-state index is 6.27. The Morgan fingerprint density at radius 3 is 1.80 bits per heavy atom. The average molecular weight is 717 g/mol. The summed E-state index contributed by atoms with van der Waals surface area (Å²) < 4.78 is 8.40. The molecule has 0 atom stereocenters. The second-order valence-electron chi connectivity index (χ2n) is 14.0. The van der Waals surface area contributed by atoms with Crippen molar-refractivity contribution in [3.05, 3.63) is 194 Å². The van der Waals surface area contributed by atoms with Gasteiger partial charge in [0.15, 0.2) is 5.82 Å². The molecule has 0 unspecified atom stereocenters. The molecule has 0 bridgehead atoms. The summed E-state index contributed by atoms with van der Waals surface area (Å²) in [5.41, 5.74) is 13.7. The number of benzene rings is 7. The molecule has 56 heavy (non-hydrogen) atoms. The van der Waals surface area contributed by atoms with Gasteiger partial charge < -0.3 is 4.42 Å². The summed E-state index contributed by atoms with van der Waals surface area (Å²) in [5.74, 6) is 0.647. The van der Waals surface area contributed by atoms with E-state index < -0.39 is 0 Å². The van der Waals surface area contributed by atoms with Crippen LogP contribution < -0.4 is 0 Å². The van der Waals surface area contributed by atoms with Gasteiger partial charge in [0.25, 0.3) is 0 Å². The molecule has 11 rings (SSSR count). The maximum atomic E-state index is 6.27. The van der Waals surface area contributed by atoms with Crippen LogP contribution in [-0.4, -0.2) is 19.6 Å². The lowest BCUT2D eigenvalue weighted by atomic mass is 9.96. The van der Waals surface area contributed by atoms with Crippen LogP contribution in [0, 0.1) is 0 Å². The van der Waals surface area contributed by atoms with E-state index in [-0.39, 0.29) is 0 Å². The number of para-hydroxylation sites is 1. The fourth-order valence-corrected chi connectivity index (χ4v) is 8.02. The first-order chi connectivity index (χ1) is 27.8. The van der Waals surface area contributed by atoms with Crippen molar-refractivity contribution in [1.29, 1.82) is 0 Å². The molecular weight excluding hydrogens is 685 g/mol. The van der Waals surface area contributed by atoms with Crippen LogP contribution in [0.4, 0.5) is 0 Å². The quantitative estimate of drug-likeness (QED) is 0.172. The highest BCUT2D eigenvalue weighted by Crippen LogP contribution is 2.42. The Morgan fingerprint density at radius 1 is 0.429 bits per heavy atom. The van der Waals surface area contributed by atoms with E-state index in [4.69, 9.17) is 19.5 Å². The van der Waals surface area contributed by atoms with Gasteiger partial charge in [0.2, 0.25) is 0 Å². The number of hydrogen-bond donors (Lipinski definition) is 0. The van der Waals surface area contributed by atoms with Gasteiger partial charge in [0.05, 0.1) is 22.6 Å². The standard InChI is InChI=1S/C51H32N4O/c1-4-15-33(16-5-1)42-32-43(40-24-14-26-46-48(40)41-23-12-13-25-45(41)56-46)53-51(52-42)37-29-27-36(28-30-37)49-47(35-19-8-3-9-20-35)50-39-22-11-10-21-38(39)31-44(55(50)54-49)34-17-6-2-7-18-34/h1-32H. The number of hydrogen-bond acceptors (Lipinski definition) is 4. The van der Waals surface area contributed by atoms with E-state index in [1.54, 1.807) is 0 Å². The molecule has 0 aliphatic carbocycles. The summed E-state index contributed by atoms with van der Waals surface area (Å²) in [7, 11) is 0. The molecule has 5 nitrogen and oxygen atoms in total. The molecule has 0 saturated carbocycles. The zero-order chi connectivity index (χ0) is 37.0. The van der Waals surface area contributed by atoms with Crippen molar-refractivity contribution in [3.63, 3.8) is 0 Å². The molecule has 0 N–H and O–H groups in total. The first-order valence-electron chi connectivity index (χ1n) is 18.8. The molecule has 5 heteroatoms. The topological polar surface area (TPSA) is 56.2 Å². The van der Waals surface area contributed by atoms with Crippen LogP contribution in [0.1, 0.15) is 0 Å². The molecule has 11 aromatic rings. The Morgan fingerprint density at radius 2 is 1.04 bits per heavy atom. The van der Waals surface area contributed by atoms with Crippen molar-refractivity contribution in [2.45, 2.75) is 0 Å². The first-order valence-corrected chi connectivity index (χ1v) is 18.8. The second kappa shape index (κ2) is 13.0. The lowest BCUT2D eigenvalue weighted by Crippen LogP contribution is -1.96. The van der Waals surface area contributed by atoms with Gasteiger partial charge in [-0.2, -0.15) is 5.10 Å². The summed E-state index contributed by atoms with van der Waals surface area (Å²) in [6.07, 6.45) is 0. The van der Waals surface area contributed by atoms with Crippen LogP contribution in [0.2, 0.25) is 0 Å². The molecule has 0 radical (unpaired) electrons. The van der Waals surface area contributed by atoms with Gasteiger partial charge in [-0.1, -0.05) is 170 Å². The lowest BCUT2D eigenvalue weighted by molar-refractivity contribution is 0.669. The summed E-state index contributed by atoms with van der Waals surface area (Å²) in [6, 6.07) is 67.2. The molecular formula is C51H32N4O. The molecule has 4 aromatic heterocycles. The van der Waals surface area contributed by atoms with Crippen LogP contribution in [0.5, 0.6) is 0 Å². The smallest absolute Gasteiger partial charge is 0.160 e. The maximum Gasteiger partial charge on any atom is 0.160 e. The van der Waals surface area contributed by atoms with E-state index in [1.165, 1.54) is 5.39 Å². The highest BCUT2D eigenvalue weighted by atomic mass is 16.3. The number of aromatic nitrogens is 4. The summed E-state index contributed by atoms with van der Waals surface area (Å²) in [5, 5.41) is 9.85. The number of furan rings is 1. The van der Waals surface area contributed by atoms with Crippen LogP contribution in [0.3, 0.4) is 0 Å². The Balaban J connectivity index is 1.11.